The molecular weight excluding hydrogens is 520 g/mol. The van der Waals surface area contributed by atoms with Gasteiger partial charge in [0.15, 0.2) is 0 Å². The second kappa shape index (κ2) is 17.5. The van der Waals surface area contributed by atoms with Gasteiger partial charge >= 0.3 is 0 Å². The molecular formula is C34H48N8. The van der Waals surface area contributed by atoms with Gasteiger partial charge in [0.25, 0.3) is 0 Å². The fourth-order valence-electron chi connectivity index (χ4n) is 5.09. The third-order valence-corrected chi connectivity index (χ3v) is 7.26. The second-order valence-electron chi connectivity index (χ2n) is 10.6. The number of nitrogens with two attached hydrogens (primary N) is 2. The van der Waals surface area contributed by atoms with Crippen LogP contribution in [0.3, 0.4) is 0 Å². The molecule has 0 bridgehead atoms. The van der Waals surface area contributed by atoms with Crippen LogP contribution in [0.25, 0.3) is 11.4 Å². The van der Waals surface area contributed by atoms with Crippen molar-refractivity contribution in [3.05, 3.63) is 109 Å². The highest BCUT2D eigenvalue weighted by atomic mass is 15.1. The average molecular weight is 569 g/mol. The Labute approximate surface area is 252 Å². The topological polar surface area (TPSA) is 117 Å². The highest BCUT2D eigenvalue weighted by molar-refractivity contribution is 5.77. The predicted molar refractivity (Wildman–Crippen MR) is 179 cm³/mol. The monoisotopic (exact) mass is 568 g/mol. The molecule has 4 rings (SSSR count). The van der Waals surface area contributed by atoms with Gasteiger partial charge in [0.2, 0.25) is 0 Å². The summed E-state index contributed by atoms with van der Waals surface area (Å²) in [6.45, 7) is 17.7. The lowest BCUT2D eigenvalue weighted by Gasteiger charge is -2.31. The molecule has 2 aliphatic rings. The number of anilines is 1. The Morgan fingerprint density at radius 2 is 1.98 bits per heavy atom. The van der Waals surface area contributed by atoms with Crippen LogP contribution in [0.4, 0.5) is 5.69 Å². The van der Waals surface area contributed by atoms with E-state index in [-0.39, 0.29) is 6.17 Å². The molecule has 0 radical (unpaired) electrons. The molecule has 2 unspecified atom stereocenters. The van der Waals surface area contributed by atoms with Crippen molar-refractivity contribution in [3.63, 3.8) is 0 Å². The van der Waals surface area contributed by atoms with Crippen molar-refractivity contribution in [2.24, 2.45) is 22.4 Å². The van der Waals surface area contributed by atoms with Gasteiger partial charge in [-0.25, -0.2) is 4.99 Å². The largest absolute Gasteiger partial charge is 0.405 e. The molecule has 1 aromatic heterocycles. The molecule has 0 aliphatic carbocycles. The number of nitrogens with one attached hydrogen (secondary N) is 3. The maximum Gasteiger partial charge on any atom is 0.147 e. The molecule has 7 N–H and O–H groups in total. The summed E-state index contributed by atoms with van der Waals surface area (Å²) in [5.41, 5.74) is 17.4. The zero-order valence-corrected chi connectivity index (χ0v) is 25.1. The fraction of sp³-hybridized carbons (Fsp3) is 0.353. The Morgan fingerprint density at radius 1 is 1.19 bits per heavy atom. The normalized spacial score (nSPS) is 19.4. The number of pyridine rings is 1. The molecule has 8 heteroatoms. The van der Waals surface area contributed by atoms with Crippen molar-refractivity contribution in [3.8, 4) is 0 Å². The number of hydrogen-bond acceptors (Lipinski definition) is 7. The van der Waals surface area contributed by atoms with E-state index in [2.05, 4.69) is 106 Å². The molecule has 3 heterocycles. The summed E-state index contributed by atoms with van der Waals surface area (Å²) in [7, 11) is 0. The van der Waals surface area contributed by atoms with Crippen LogP contribution in [0.2, 0.25) is 0 Å². The van der Waals surface area contributed by atoms with Gasteiger partial charge < -0.3 is 27.4 Å². The molecule has 2 aromatic rings. The van der Waals surface area contributed by atoms with Gasteiger partial charge in [-0.15, -0.1) is 6.58 Å². The smallest absolute Gasteiger partial charge is 0.147 e. The molecule has 8 nitrogen and oxygen atoms in total. The third kappa shape index (κ3) is 9.96. The summed E-state index contributed by atoms with van der Waals surface area (Å²) < 4.78 is 0. The number of aliphatic imine (C=N–C) groups is 1. The van der Waals surface area contributed by atoms with E-state index in [0.29, 0.717) is 5.92 Å². The lowest BCUT2D eigenvalue weighted by atomic mass is 9.98. The maximum atomic E-state index is 5.60. The first-order chi connectivity index (χ1) is 20.5. The van der Waals surface area contributed by atoms with Gasteiger partial charge in [0.1, 0.15) is 6.17 Å². The van der Waals surface area contributed by atoms with Crippen LogP contribution in [0.15, 0.2) is 97.6 Å². The van der Waals surface area contributed by atoms with E-state index < -0.39 is 0 Å². The maximum absolute atomic E-state index is 5.60. The van der Waals surface area contributed by atoms with Gasteiger partial charge in [-0.3, -0.25) is 9.88 Å². The number of likely N-dealkylation sites (tertiary alicyclic amines) is 1. The minimum atomic E-state index is -0.186. The van der Waals surface area contributed by atoms with Crippen molar-refractivity contribution in [2.45, 2.75) is 51.7 Å². The number of piperidine rings is 1. The fourth-order valence-corrected chi connectivity index (χ4v) is 5.09. The van der Waals surface area contributed by atoms with Gasteiger partial charge in [0, 0.05) is 66.4 Å². The predicted octanol–water partition coefficient (Wildman–Crippen LogP) is 5.57. The van der Waals surface area contributed by atoms with Crippen LogP contribution >= 0.6 is 0 Å². The van der Waals surface area contributed by atoms with E-state index >= 15 is 0 Å². The van der Waals surface area contributed by atoms with E-state index in [0.717, 1.165) is 66.4 Å². The zero-order valence-electron chi connectivity index (χ0n) is 25.1. The molecule has 1 saturated heterocycles. The summed E-state index contributed by atoms with van der Waals surface area (Å²) in [5.74, 6) is 0.582. The Balaban J connectivity index is 0.00000155. The Bertz CT molecular complexity index is 1240. The molecule has 2 atom stereocenters. The molecule has 224 valence electrons. The first kappa shape index (κ1) is 32.2. The van der Waals surface area contributed by atoms with E-state index in [4.69, 9.17) is 5.73 Å². The molecule has 1 fully saturated rings. The minimum Gasteiger partial charge on any atom is -0.405 e. The first-order valence-corrected chi connectivity index (χ1v) is 14.8. The molecule has 0 spiro atoms. The quantitative estimate of drug-likeness (QED) is 0.0928. The van der Waals surface area contributed by atoms with Gasteiger partial charge in [-0.05, 0) is 73.3 Å². The number of aromatic nitrogens is 1. The van der Waals surface area contributed by atoms with Crippen LogP contribution in [-0.4, -0.2) is 42.0 Å². The van der Waals surface area contributed by atoms with Crippen molar-refractivity contribution in [1.82, 2.24) is 20.5 Å². The number of benzene rings is 1. The molecule has 0 amide bonds. The summed E-state index contributed by atoms with van der Waals surface area (Å²) in [5, 5.41) is 10.3. The van der Waals surface area contributed by atoms with Crippen LogP contribution in [-0.2, 0) is 6.54 Å². The average Bonchev–Trinajstić information content (AvgIpc) is 3.40. The van der Waals surface area contributed by atoms with Crippen LogP contribution in [0, 0.1) is 5.92 Å². The summed E-state index contributed by atoms with van der Waals surface area (Å²) in [4.78, 5) is 11.4. The van der Waals surface area contributed by atoms with E-state index in [1.165, 1.54) is 43.8 Å². The standard InChI is InChI=1S/C32H43N7.C2H5N/c1-4-6-7-14-34-20-29-17-31(38-32(29)36-23-33)27-10-12-30(13-11-27)37-24(3)28-16-26(18-35-19-28)22-39-15-8-9-25(5-2)21-39;1-2-3/h5,10-13,16-20,23,25,32,34,37-38H,2-4,6-9,14-15,21-22H2,1H3,(H2,33,36);2H,1,3H2/b29-20+;. The van der Waals surface area contributed by atoms with Gasteiger partial charge in [-0.2, -0.15) is 0 Å². The van der Waals surface area contributed by atoms with E-state index in [1.807, 2.05) is 18.6 Å². The Kier molecular flexibility index (Phi) is 13.4. The lowest BCUT2D eigenvalue weighted by molar-refractivity contribution is 0.189. The number of hydrogen-bond donors (Lipinski definition) is 5. The minimum absolute atomic E-state index is 0.186. The first-order valence-electron chi connectivity index (χ1n) is 14.8. The van der Waals surface area contributed by atoms with Crippen LogP contribution in [0.5, 0.6) is 0 Å². The van der Waals surface area contributed by atoms with Crippen molar-refractivity contribution >= 4 is 23.4 Å². The van der Waals surface area contributed by atoms with Crippen molar-refractivity contribution in [1.29, 1.82) is 0 Å². The van der Waals surface area contributed by atoms with Gasteiger partial charge in [0.05, 0.1) is 6.34 Å². The van der Waals surface area contributed by atoms with Crippen LogP contribution < -0.4 is 27.4 Å². The lowest BCUT2D eigenvalue weighted by Crippen LogP contribution is -2.34. The second-order valence-corrected chi connectivity index (χ2v) is 10.6. The molecule has 42 heavy (non-hydrogen) atoms. The number of unbranched alkanes of at least 4 members (excludes halogenated alkanes) is 2. The highest BCUT2D eigenvalue weighted by Crippen LogP contribution is 2.26. The zero-order chi connectivity index (χ0) is 30.2. The van der Waals surface area contributed by atoms with Crippen molar-refractivity contribution < 1.29 is 0 Å². The number of rotatable bonds is 13. The van der Waals surface area contributed by atoms with Gasteiger partial charge in [-0.1, -0.05) is 51.1 Å². The highest BCUT2D eigenvalue weighted by Gasteiger charge is 2.21. The number of nitrogens with zero attached hydrogens (tertiary/aromatic N) is 3. The SMILES string of the molecule is C=CC1CCCN(Cc2cncc(C(=C)Nc3ccc(C4=C/C(=C\NCCCCC)C(/N=C\N)N4)cc3)c2)C1.C=CN. The Morgan fingerprint density at radius 3 is 2.69 bits per heavy atom. The van der Waals surface area contributed by atoms with Crippen molar-refractivity contribution in [2.75, 3.05) is 25.0 Å². The van der Waals surface area contributed by atoms with E-state index in [9.17, 15) is 0 Å². The Hall–Kier alpha value is -4.30. The summed E-state index contributed by atoms with van der Waals surface area (Å²) in [6.07, 6.45) is 18.5. The molecule has 1 aromatic carbocycles. The van der Waals surface area contributed by atoms with E-state index in [1.54, 1.807) is 0 Å². The third-order valence-electron chi connectivity index (χ3n) is 7.26. The van der Waals surface area contributed by atoms with Crippen LogP contribution in [0.1, 0.15) is 55.7 Å². The molecule has 0 saturated carbocycles. The molecule has 2 aliphatic heterocycles. The summed E-state index contributed by atoms with van der Waals surface area (Å²) in [6, 6.07) is 10.5. The summed E-state index contributed by atoms with van der Waals surface area (Å²) >= 11 is 0.